The molecule has 18 heavy (non-hydrogen) atoms. The number of hydrogen-bond acceptors (Lipinski definition) is 4. The van der Waals surface area contributed by atoms with Gasteiger partial charge in [-0.1, -0.05) is 23.7 Å². The Hall–Kier alpha value is -2.21. The van der Waals surface area contributed by atoms with Gasteiger partial charge in [0.05, 0.1) is 6.54 Å². The predicted octanol–water partition coefficient (Wildman–Crippen LogP) is 0.403. The van der Waals surface area contributed by atoms with E-state index >= 15 is 0 Å². The molecule has 1 aromatic carbocycles. The Morgan fingerprint density at radius 1 is 1.17 bits per heavy atom. The van der Waals surface area contributed by atoms with Gasteiger partial charge in [-0.25, -0.2) is 4.79 Å². The summed E-state index contributed by atoms with van der Waals surface area (Å²) in [5.41, 5.74) is 10.5. The highest BCUT2D eigenvalue weighted by atomic mass is 35.5. The number of nitrogen functional groups attached to an aromatic ring is 2. The zero-order valence-corrected chi connectivity index (χ0v) is 10.1. The second-order valence-electron chi connectivity index (χ2n) is 3.77. The minimum atomic E-state index is -0.676. The molecule has 2 aromatic rings. The summed E-state index contributed by atoms with van der Waals surface area (Å²) in [7, 11) is 0. The number of halogens is 1. The largest absolute Gasteiger partial charge is 0.391 e. The number of aromatic nitrogens is 2. The van der Waals surface area contributed by atoms with E-state index in [2.05, 4.69) is 4.98 Å². The summed E-state index contributed by atoms with van der Waals surface area (Å²) in [6.07, 6.45) is 0. The highest BCUT2D eigenvalue weighted by molar-refractivity contribution is 6.30. The molecule has 0 atom stereocenters. The number of H-pyrrole nitrogens is 1. The molecule has 0 saturated heterocycles. The lowest BCUT2D eigenvalue weighted by Crippen LogP contribution is -2.34. The highest BCUT2D eigenvalue weighted by Crippen LogP contribution is 2.12. The van der Waals surface area contributed by atoms with Gasteiger partial charge in [0.15, 0.2) is 0 Å². The fraction of sp³-hybridized carbons (Fsp3) is 0.0909. The van der Waals surface area contributed by atoms with Crippen molar-refractivity contribution in [3.05, 3.63) is 55.7 Å². The molecule has 1 aromatic heterocycles. The molecule has 0 aliphatic carbocycles. The van der Waals surface area contributed by atoms with E-state index in [0.717, 1.165) is 5.56 Å². The van der Waals surface area contributed by atoms with E-state index in [1.807, 2.05) is 0 Å². The minimum absolute atomic E-state index is 0.0429. The Morgan fingerprint density at radius 2 is 1.78 bits per heavy atom. The monoisotopic (exact) mass is 266 g/mol. The maximum atomic E-state index is 11.6. The van der Waals surface area contributed by atoms with Gasteiger partial charge >= 0.3 is 5.69 Å². The lowest BCUT2D eigenvalue weighted by Gasteiger charge is -2.10. The van der Waals surface area contributed by atoms with Gasteiger partial charge in [-0.05, 0) is 17.7 Å². The molecular weight excluding hydrogens is 256 g/mol. The number of nitrogens with zero attached hydrogens (tertiary/aromatic N) is 1. The average molecular weight is 267 g/mol. The number of nitrogens with two attached hydrogens (primary N) is 2. The highest BCUT2D eigenvalue weighted by Gasteiger charge is 2.09. The van der Waals surface area contributed by atoms with Gasteiger partial charge in [-0.3, -0.25) is 14.3 Å². The molecule has 0 aliphatic rings. The lowest BCUT2D eigenvalue weighted by molar-refractivity contribution is 0.735. The van der Waals surface area contributed by atoms with Crippen molar-refractivity contribution in [1.82, 2.24) is 9.55 Å². The topological polar surface area (TPSA) is 107 Å². The molecule has 0 unspecified atom stereocenters. The molecule has 94 valence electrons. The van der Waals surface area contributed by atoms with Crippen LogP contribution in [-0.2, 0) is 6.54 Å². The van der Waals surface area contributed by atoms with Crippen molar-refractivity contribution in [1.29, 1.82) is 0 Å². The van der Waals surface area contributed by atoms with Crippen molar-refractivity contribution in [2.24, 2.45) is 0 Å². The zero-order valence-electron chi connectivity index (χ0n) is 9.31. The second-order valence-corrected chi connectivity index (χ2v) is 4.21. The van der Waals surface area contributed by atoms with Crippen LogP contribution in [0.1, 0.15) is 5.56 Å². The molecular formula is C11H11ClN4O2. The van der Waals surface area contributed by atoms with E-state index in [9.17, 15) is 9.59 Å². The summed E-state index contributed by atoms with van der Waals surface area (Å²) < 4.78 is 1.19. The molecule has 6 nitrogen and oxygen atoms in total. The van der Waals surface area contributed by atoms with Crippen molar-refractivity contribution in [2.45, 2.75) is 6.54 Å². The normalized spacial score (nSPS) is 10.5. The van der Waals surface area contributed by atoms with Gasteiger partial charge in [0, 0.05) is 5.02 Å². The first-order chi connectivity index (χ1) is 8.49. The Kier molecular flexibility index (Phi) is 3.12. The molecule has 0 saturated carbocycles. The summed E-state index contributed by atoms with van der Waals surface area (Å²) in [5, 5.41) is 0.597. The summed E-state index contributed by atoms with van der Waals surface area (Å²) in [5.74, 6) is -0.0429. The van der Waals surface area contributed by atoms with Crippen LogP contribution in [0.5, 0.6) is 0 Å². The van der Waals surface area contributed by atoms with E-state index in [4.69, 9.17) is 23.1 Å². The quantitative estimate of drug-likeness (QED) is 0.731. The second kappa shape index (κ2) is 4.58. The standard InChI is InChI=1S/C11H11ClN4O2/c12-7-3-1-6(2-4-7)5-16-9(14)8(13)10(17)15-11(16)18/h1-4H,5,13-14H2,(H,15,17,18). The van der Waals surface area contributed by atoms with E-state index in [0.29, 0.717) is 5.02 Å². The lowest BCUT2D eigenvalue weighted by atomic mass is 10.2. The fourth-order valence-corrected chi connectivity index (χ4v) is 1.66. The van der Waals surface area contributed by atoms with Gasteiger partial charge in [-0.2, -0.15) is 0 Å². The maximum Gasteiger partial charge on any atom is 0.330 e. The molecule has 0 amide bonds. The molecule has 0 bridgehead atoms. The van der Waals surface area contributed by atoms with Crippen molar-refractivity contribution in [3.63, 3.8) is 0 Å². The summed E-state index contributed by atoms with van der Waals surface area (Å²) in [6.45, 7) is 0.211. The van der Waals surface area contributed by atoms with E-state index < -0.39 is 11.2 Å². The number of anilines is 2. The van der Waals surface area contributed by atoms with Crippen molar-refractivity contribution in [2.75, 3.05) is 11.5 Å². The number of hydrogen-bond donors (Lipinski definition) is 3. The van der Waals surface area contributed by atoms with Crippen LogP contribution in [-0.4, -0.2) is 9.55 Å². The van der Waals surface area contributed by atoms with Crippen LogP contribution >= 0.6 is 11.6 Å². The SMILES string of the molecule is Nc1c(N)n(Cc2ccc(Cl)cc2)c(=O)[nH]c1=O. The Balaban J connectivity index is 2.47. The third-order valence-electron chi connectivity index (χ3n) is 2.53. The summed E-state index contributed by atoms with van der Waals surface area (Å²) >= 11 is 5.76. The fourth-order valence-electron chi connectivity index (χ4n) is 1.53. The molecule has 0 radical (unpaired) electrons. The van der Waals surface area contributed by atoms with Gasteiger partial charge < -0.3 is 11.5 Å². The van der Waals surface area contributed by atoms with Crippen molar-refractivity contribution < 1.29 is 0 Å². The molecule has 0 aliphatic heterocycles. The minimum Gasteiger partial charge on any atom is -0.391 e. The van der Waals surface area contributed by atoms with Gasteiger partial charge in [-0.15, -0.1) is 0 Å². The van der Waals surface area contributed by atoms with Crippen molar-refractivity contribution in [3.8, 4) is 0 Å². The van der Waals surface area contributed by atoms with Crippen molar-refractivity contribution >= 4 is 23.1 Å². The number of nitrogens with one attached hydrogen (secondary N) is 1. The van der Waals surface area contributed by atoms with Crippen LogP contribution in [0.4, 0.5) is 11.5 Å². The molecule has 0 spiro atoms. The first-order valence-corrected chi connectivity index (χ1v) is 5.49. The van der Waals surface area contributed by atoms with Gasteiger partial charge in [0.1, 0.15) is 11.5 Å². The third kappa shape index (κ3) is 2.23. The van der Waals surface area contributed by atoms with Crippen LogP contribution < -0.4 is 22.7 Å². The third-order valence-corrected chi connectivity index (χ3v) is 2.78. The number of benzene rings is 1. The van der Waals surface area contributed by atoms with E-state index in [-0.39, 0.29) is 18.1 Å². The molecule has 5 N–H and O–H groups in total. The average Bonchev–Trinajstić information content (AvgIpc) is 2.34. The molecule has 7 heteroatoms. The Morgan fingerprint density at radius 3 is 2.39 bits per heavy atom. The Labute approximate surface area is 107 Å². The Bertz CT molecular complexity index is 688. The summed E-state index contributed by atoms with van der Waals surface area (Å²) in [6, 6.07) is 6.92. The maximum absolute atomic E-state index is 11.6. The predicted molar refractivity (Wildman–Crippen MR) is 70.7 cm³/mol. The smallest absolute Gasteiger partial charge is 0.330 e. The van der Waals surface area contributed by atoms with Crippen LogP contribution in [0.25, 0.3) is 0 Å². The number of aromatic amines is 1. The zero-order chi connectivity index (χ0) is 13.3. The number of rotatable bonds is 2. The molecule has 1 heterocycles. The first kappa shape index (κ1) is 12.3. The molecule has 2 rings (SSSR count). The molecule has 0 fully saturated rings. The van der Waals surface area contributed by atoms with Crippen LogP contribution in [0, 0.1) is 0 Å². The van der Waals surface area contributed by atoms with Gasteiger partial charge in [0.25, 0.3) is 5.56 Å². The van der Waals surface area contributed by atoms with Crippen LogP contribution in [0.15, 0.2) is 33.9 Å². The van der Waals surface area contributed by atoms with Crippen LogP contribution in [0.2, 0.25) is 5.02 Å². The van der Waals surface area contributed by atoms with Gasteiger partial charge in [0.2, 0.25) is 0 Å². The first-order valence-electron chi connectivity index (χ1n) is 5.11. The van der Waals surface area contributed by atoms with E-state index in [1.165, 1.54) is 4.57 Å². The van der Waals surface area contributed by atoms with Crippen LogP contribution in [0.3, 0.4) is 0 Å². The summed E-state index contributed by atoms with van der Waals surface area (Å²) in [4.78, 5) is 24.9. The van der Waals surface area contributed by atoms with E-state index in [1.54, 1.807) is 24.3 Å².